The Morgan fingerprint density at radius 1 is 1.05 bits per heavy atom. The summed E-state index contributed by atoms with van der Waals surface area (Å²) in [6.45, 7) is 7.83. The lowest BCUT2D eigenvalue weighted by Crippen LogP contribution is -2.10. The Hall–Kier alpha value is -2.03. The molecule has 3 nitrogen and oxygen atoms in total. The third kappa shape index (κ3) is 2.70. The smallest absolute Gasteiger partial charge is 0.195 e. The van der Waals surface area contributed by atoms with Gasteiger partial charge >= 0.3 is 0 Å². The number of nitrogens with zero attached hydrogens (tertiary/aromatic N) is 2. The first-order valence-corrected chi connectivity index (χ1v) is 6.48. The van der Waals surface area contributed by atoms with Gasteiger partial charge in [-0.05, 0) is 38.8 Å². The zero-order chi connectivity index (χ0) is 14.0. The molecule has 0 atom stereocenters. The first-order chi connectivity index (χ1) is 9.02. The van der Waals surface area contributed by atoms with Crippen molar-refractivity contribution in [1.82, 2.24) is 10.2 Å². The molecule has 0 amide bonds. The number of carbonyl (C=O) groups excluding carboxylic acids is 1. The summed E-state index contributed by atoms with van der Waals surface area (Å²) < 4.78 is 0. The van der Waals surface area contributed by atoms with Crippen molar-refractivity contribution in [3.8, 4) is 0 Å². The SMILES string of the molecule is CCc1nnc(C)cc1C(=O)c1ccc(C)cc1C. The Bertz CT molecular complexity index is 633. The van der Waals surface area contributed by atoms with Crippen LogP contribution in [-0.2, 0) is 6.42 Å². The van der Waals surface area contributed by atoms with Crippen molar-refractivity contribution in [3.05, 3.63) is 57.9 Å². The van der Waals surface area contributed by atoms with Gasteiger partial charge in [0.15, 0.2) is 5.78 Å². The number of benzene rings is 1. The largest absolute Gasteiger partial charge is 0.289 e. The van der Waals surface area contributed by atoms with Crippen molar-refractivity contribution in [3.63, 3.8) is 0 Å². The zero-order valence-corrected chi connectivity index (χ0v) is 11.8. The van der Waals surface area contributed by atoms with Crippen LogP contribution < -0.4 is 0 Å². The summed E-state index contributed by atoms with van der Waals surface area (Å²) >= 11 is 0. The fourth-order valence-corrected chi connectivity index (χ4v) is 2.19. The molecule has 0 bridgehead atoms. The van der Waals surface area contributed by atoms with Gasteiger partial charge in [-0.1, -0.05) is 30.7 Å². The van der Waals surface area contributed by atoms with Gasteiger partial charge in [-0.25, -0.2) is 0 Å². The number of hydrogen-bond donors (Lipinski definition) is 0. The maximum absolute atomic E-state index is 12.6. The van der Waals surface area contributed by atoms with Crippen LogP contribution in [0.3, 0.4) is 0 Å². The van der Waals surface area contributed by atoms with E-state index in [2.05, 4.69) is 10.2 Å². The van der Waals surface area contributed by atoms with Gasteiger partial charge in [0, 0.05) is 11.1 Å². The average Bonchev–Trinajstić information content (AvgIpc) is 2.38. The highest BCUT2D eigenvalue weighted by Crippen LogP contribution is 2.18. The summed E-state index contributed by atoms with van der Waals surface area (Å²) in [6.07, 6.45) is 0.708. The van der Waals surface area contributed by atoms with Crippen LogP contribution in [0, 0.1) is 20.8 Å². The van der Waals surface area contributed by atoms with Crippen LogP contribution in [0.4, 0.5) is 0 Å². The Morgan fingerprint density at radius 3 is 2.42 bits per heavy atom. The number of ketones is 1. The Kier molecular flexibility index (Phi) is 3.74. The van der Waals surface area contributed by atoms with Gasteiger partial charge in [-0.15, -0.1) is 0 Å². The van der Waals surface area contributed by atoms with E-state index >= 15 is 0 Å². The van der Waals surface area contributed by atoms with Crippen LogP contribution in [0.15, 0.2) is 24.3 Å². The van der Waals surface area contributed by atoms with Crippen LogP contribution in [-0.4, -0.2) is 16.0 Å². The first kappa shape index (κ1) is 13.4. The highest BCUT2D eigenvalue weighted by molar-refractivity contribution is 6.10. The van der Waals surface area contributed by atoms with E-state index in [0.717, 1.165) is 28.1 Å². The van der Waals surface area contributed by atoms with Gasteiger partial charge < -0.3 is 0 Å². The molecule has 0 aliphatic carbocycles. The minimum absolute atomic E-state index is 0.0346. The number of aryl methyl sites for hydroxylation is 4. The Labute approximate surface area is 113 Å². The molecule has 1 aromatic heterocycles. The highest BCUT2D eigenvalue weighted by atomic mass is 16.1. The minimum Gasteiger partial charge on any atom is -0.289 e. The summed E-state index contributed by atoms with van der Waals surface area (Å²) in [7, 11) is 0. The standard InChI is InChI=1S/C16H18N2O/c1-5-15-14(9-12(4)17-18-15)16(19)13-7-6-10(2)8-11(13)3/h6-9H,5H2,1-4H3. The van der Waals surface area contributed by atoms with E-state index in [1.54, 1.807) is 0 Å². The van der Waals surface area contributed by atoms with Gasteiger partial charge in [-0.3, -0.25) is 4.79 Å². The molecular formula is C16H18N2O. The number of aromatic nitrogens is 2. The molecule has 3 heteroatoms. The molecule has 2 aromatic rings. The maximum atomic E-state index is 12.6. The van der Waals surface area contributed by atoms with Crippen molar-refractivity contribution in [2.24, 2.45) is 0 Å². The number of carbonyl (C=O) groups is 1. The topological polar surface area (TPSA) is 42.9 Å². The molecule has 0 saturated carbocycles. The fourth-order valence-electron chi connectivity index (χ4n) is 2.19. The molecule has 1 aromatic carbocycles. The summed E-state index contributed by atoms with van der Waals surface area (Å²) in [5, 5.41) is 8.14. The van der Waals surface area contributed by atoms with Gasteiger partial charge in [0.2, 0.25) is 0 Å². The number of rotatable bonds is 3. The Balaban J connectivity index is 2.52. The molecule has 2 rings (SSSR count). The fraction of sp³-hybridized carbons (Fsp3) is 0.312. The van der Waals surface area contributed by atoms with Gasteiger partial charge in [0.25, 0.3) is 0 Å². The van der Waals surface area contributed by atoms with Gasteiger partial charge in [0.1, 0.15) is 0 Å². The van der Waals surface area contributed by atoms with Gasteiger partial charge in [0.05, 0.1) is 11.4 Å². The second-order valence-corrected chi connectivity index (χ2v) is 4.85. The predicted molar refractivity (Wildman–Crippen MR) is 75.5 cm³/mol. The molecule has 0 spiro atoms. The van der Waals surface area contributed by atoms with E-state index in [1.807, 2.05) is 52.0 Å². The quantitative estimate of drug-likeness (QED) is 0.790. The monoisotopic (exact) mass is 254 g/mol. The second kappa shape index (κ2) is 5.31. The van der Waals surface area contributed by atoms with Crippen molar-refractivity contribution in [2.45, 2.75) is 34.1 Å². The van der Waals surface area contributed by atoms with E-state index in [-0.39, 0.29) is 5.78 Å². The van der Waals surface area contributed by atoms with Crippen molar-refractivity contribution < 1.29 is 4.79 Å². The third-order valence-corrected chi connectivity index (χ3v) is 3.20. The van der Waals surface area contributed by atoms with Crippen LogP contribution in [0.25, 0.3) is 0 Å². The lowest BCUT2D eigenvalue weighted by Gasteiger charge is -2.09. The molecule has 19 heavy (non-hydrogen) atoms. The van der Waals surface area contributed by atoms with Crippen molar-refractivity contribution in [1.29, 1.82) is 0 Å². The summed E-state index contributed by atoms with van der Waals surface area (Å²) in [4.78, 5) is 12.6. The van der Waals surface area contributed by atoms with E-state index in [4.69, 9.17) is 0 Å². The molecule has 0 unspecified atom stereocenters. The van der Waals surface area contributed by atoms with E-state index in [1.165, 1.54) is 0 Å². The summed E-state index contributed by atoms with van der Waals surface area (Å²) in [6, 6.07) is 7.71. The third-order valence-electron chi connectivity index (χ3n) is 3.20. The number of hydrogen-bond acceptors (Lipinski definition) is 3. The molecule has 0 aliphatic heterocycles. The predicted octanol–water partition coefficient (Wildman–Crippen LogP) is 3.20. The van der Waals surface area contributed by atoms with Crippen molar-refractivity contribution in [2.75, 3.05) is 0 Å². The minimum atomic E-state index is 0.0346. The van der Waals surface area contributed by atoms with E-state index in [0.29, 0.717) is 12.0 Å². The molecule has 0 radical (unpaired) electrons. The molecular weight excluding hydrogens is 236 g/mol. The van der Waals surface area contributed by atoms with Gasteiger partial charge in [-0.2, -0.15) is 10.2 Å². The first-order valence-electron chi connectivity index (χ1n) is 6.48. The Morgan fingerprint density at radius 2 is 1.79 bits per heavy atom. The van der Waals surface area contributed by atoms with Crippen LogP contribution in [0.2, 0.25) is 0 Å². The molecule has 98 valence electrons. The normalized spacial score (nSPS) is 10.5. The molecule has 1 heterocycles. The summed E-state index contributed by atoms with van der Waals surface area (Å²) in [5.41, 5.74) is 5.10. The maximum Gasteiger partial charge on any atom is 0.195 e. The van der Waals surface area contributed by atoms with Crippen molar-refractivity contribution >= 4 is 5.78 Å². The average molecular weight is 254 g/mol. The molecule has 0 saturated heterocycles. The molecule has 0 aliphatic rings. The lowest BCUT2D eigenvalue weighted by molar-refractivity contribution is 0.103. The van der Waals surface area contributed by atoms with Crippen LogP contribution >= 0.6 is 0 Å². The highest BCUT2D eigenvalue weighted by Gasteiger charge is 2.16. The molecule has 0 N–H and O–H groups in total. The zero-order valence-electron chi connectivity index (χ0n) is 11.8. The van der Waals surface area contributed by atoms with E-state index < -0.39 is 0 Å². The molecule has 0 fully saturated rings. The van der Waals surface area contributed by atoms with E-state index in [9.17, 15) is 4.79 Å². The lowest BCUT2D eigenvalue weighted by atomic mass is 9.96. The summed E-state index contributed by atoms with van der Waals surface area (Å²) in [5.74, 6) is 0.0346. The van der Waals surface area contributed by atoms with Crippen LogP contribution in [0.5, 0.6) is 0 Å². The second-order valence-electron chi connectivity index (χ2n) is 4.85. The van der Waals surface area contributed by atoms with Crippen LogP contribution in [0.1, 0.15) is 45.4 Å².